The van der Waals surface area contributed by atoms with Crippen molar-refractivity contribution < 1.29 is 14.6 Å². The molecular weight excluding hydrogens is 288 g/mol. The molecule has 0 aliphatic rings. The Hall–Kier alpha value is -2.00. The first-order valence-electron chi connectivity index (χ1n) is 6.72. The zero-order valence-corrected chi connectivity index (χ0v) is 12.7. The van der Waals surface area contributed by atoms with Gasteiger partial charge >= 0.3 is 5.97 Å². The quantitative estimate of drug-likeness (QED) is 0.873. The molecule has 21 heavy (non-hydrogen) atoms. The number of aliphatic carboxylic acids is 1. The zero-order chi connectivity index (χ0) is 15.4. The van der Waals surface area contributed by atoms with Gasteiger partial charge in [0.05, 0.1) is 0 Å². The van der Waals surface area contributed by atoms with E-state index in [1.807, 2.05) is 12.1 Å². The van der Waals surface area contributed by atoms with Gasteiger partial charge in [0.1, 0.15) is 5.75 Å². The molecule has 0 fully saturated rings. The van der Waals surface area contributed by atoms with Crippen LogP contribution >= 0.6 is 11.6 Å². The lowest BCUT2D eigenvalue weighted by molar-refractivity contribution is -0.145. The SMILES string of the molecule is CC(C)c1ccc(O[C@H](C(=O)O)c2ccc(Cl)cc2)cc1. The van der Waals surface area contributed by atoms with Gasteiger partial charge in [-0.05, 0) is 35.7 Å². The van der Waals surface area contributed by atoms with E-state index in [9.17, 15) is 9.90 Å². The third-order valence-corrected chi connectivity index (χ3v) is 3.45. The van der Waals surface area contributed by atoms with Crippen LogP contribution < -0.4 is 4.74 Å². The lowest BCUT2D eigenvalue weighted by Gasteiger charge is -2.16. The van der Waals surface area contributed by atoms with Gasteiger partial charge in [-0.15, -0.1) is 0 Å². The maximum atomic E-state index is 11.4. The van der Waals surface area contributed by atoms with Gasteiger partial charge in [0.25, 0.3) is 0 Å². The predicted molar refractivity (Wildman–Crippen MR) is 83.0 cm³/mol. The number of carboxylic acid groups (broad SMARTS) is 1. The summed E-state index contributed by atoms with van der Waals surface area (Å²) in [5.74, 6) is -0.0856. The van der Waals surface area contributed by atoms with Crippen molar-refractivity contribution in [2.45, 2.75) is 25.9 Å². The molecule has 0 aliphatic carbocycles. The van der Waals surface area contributed by atoms with E-state index in [2.05, 4.69) is 13.8 Å². The molecule has 110 valence electrons. The first kappa shape index (κ1) is 15.4. The van der Waals surface area contributed by atoms with Crippen LogP contribution in [0.3, 0.4) is 0 Å². The van der Waals surface area contributed by atoms with Crippen LogP contribution in [0.1, 0.15) is 37.0 Å². The molecule has 0 saturated carbocycles. The minimum absolute atomic E-state index is 0.422. The first-order valence-corrected chi connectivity index (χ1v) is 7.10. The molecular formula is C17H17ClO3. The van der Waals surface area contributed by atoms with Crippen LogP contribution in [0.25, 0.3) is 0 Å². The summed E-state index contributed by atoms with van der Waals surface area (Å²) in [5.41, 5.74) is 1.74. The highest BCUT2D eigenvalue weighted by Gasteiger charge is 2.21. The number of hydrogen-bond acceptors (Lipinski definition) is 2. The minimum atomic E-state index is -1.05. The number of carbonyl (C=O) groups is 1. The summed E-state index contributed by atoms with van der Waals surface area (Å²) < 4.78 is 5.59. The second-order valence-corrected chi connectivity index (χ2v) is 5.55. The summed E-state index contributed by atoms with van der Waals surface area (Å²) in [6, 6.07) is 14.1. The van der Waals surface area contributed by atoms with Gasteiger partial charge in [-0.3, -0.25) is 0 Å². The van der Waals surface area contributed by atoms with Crippen molar-refractivity contribution in [2.24, 2.45) is 0 Å². The molecule has 4 heteroatoms. The van der Waals surface area contributed by atoms with Gasteiger partial charge in [0.15, 0.2) is 0 Å². The number of rotatable bonds is 5. The number of carboxylic acids is 1. The highest BCUT2D eigenvalue weighted by atomic mass is 35.5. The van der Waals surface area contributed by atoms with Crippen molar-refractivity contribution in [1.29, 1.82) is 0 Å². The summed E-state index contributed by atoms with van der Waals surface area (Å²) in [5, 5.41) is 9.90. The predicted octanol–water partition coefficient (Wildman–Crippen LogP) is 4.67. The van der Waals surface area contributed by atoms with Gasteiger partial charge in [0, 0.05) is 10.6 Å². The molecule has 2 rings (SSSR count). The highest BCUT2D eigenvalue weighted by molar-refractivity contribution is 6.30. The molecule has 0 unspecified atom stereocenters. The van der Waals surface area contributed by atoms with Gasteiger partial charge in [0.2, 0.25) is 6.10 Å². The normalized spacial score (nSPS) is 12.2. The molecule has 1 N–H and O–H groups in total. The Labute approximate surface area is 129 Å². The van der Waals surface area contributed by atoms with Crippen molar-refractivity contribution in [2.75, 3.05) is 0 Å². The van der Waals surface area contributed by atoms with Crippen molar-refractivity contribution >= 4 is 17.6 Å². The molecule has 3 nitrogen and oxygen atoms in total. The molecule has 1 atom stereocenters. The van der Waals surface area contributed by atoms with E-state index in [-0.39, 0.29) is 0 Å². The smallest absolute Gasteiger partial charge is 0.349 e. The van der Waals surface area contributed by atoms with Crippen molar-refractivity contribution in [3.05, 3.63) is 64.7 Å². The van der Waals surface area contributed by atoms with Gasteiger partial charge in [-0.1, -0.05) is 49.7 Å². The van der Waals surface area contributed by atoms with E-state index in [0.717, 1.165) is 0 Å². The molecule has 0 radical (unpaired) electrons. The van der Waals surface area contributed by atoms with Crippen molar-refractivity contribution in [1.82, 2.24) is 0 Å². The first-order chi connectivity index (χ1) is 9.97. The topological polar surface area (TPSA) is 46.5 Å². The van der Waals surface area contributed by atoms with Gasteiger partial charge in [-0.2, -0.15) is 0 Å². The van der Waals surface area contributed by atoms with Crippen LogP contribution in [0.5, 0.6) is 5.75 Å². The molecule has 0 aliphatic heterocycles. The van der Waals surface area contributed by atoms with E-state index in [1.165, 1.54) is 5.56 Å². The van der Waals surface area contributed by atoms with E-state index in [1.54, 1.807) is 36.4 Å². The second kappa shape index (κ2) is 6.64. The van der Waals surface area contributed by atoms with Crippen LogP contribution in [-0.2, 0) is 4.79 Å². The maximum absolute atomic E-state index is 11.4. The number of halogens is 1. The molecule has 0 aromatic heterocycles. The van der Waals surface area contributed by atoms with Crippen LogP contribution in [0.4, 0.5) is 0 Å². The Morgan fingerprint density at radius 1 is 1.00 bits per heavy atom. The highest BCUT2D eigenvalue weighted by Crippen LogP contribution is 2.25. The standard InChI is InChI=1S/C17H17ClO3/c1-11(2)12-5-9-15(10-6-12)21-16(17(19)20)13-3-7-14(18)8-4-13/h3-11,16H,1-2H3,(H,19,20)/t16-/m0/s1. The van der Waals surface area contributed by atoms with Crippen LogP contribution in [-0.4, -0.2) is 11.1 Å². The number of ether oxygens (including phenoxy) is 1. The number of hydrogen-bond donors (Lipinski definition) is 1. The summed E-state index contributed by atoms with van der Waals surface area (Å²) >= 11 is 5.81. The third kappa shape index (κ3) is 3.99. The van der Waals surface area contributed by atoms with Crippen LogP contribution in [0.2, 0.25) is 5.02 Å². The molecule has 0 bridgehead atoms. The fourth-order valence-electron chi connectivity index (χ4n) is 1.97. The van der Waals surface area contributed by atoms with E-state index in [0.29, 0.717) is 22.3 Å². The Morgan fingerprint density at radius 3 is 2.00 bits per heavy atom. The summed E-state index contributed by atoms with van der Waals surface area (Å²) in [6.45, 7) is 4.20. The molecule has 2 aromatic rings. The monoisotopic (exact) mass is 304 g/mol. The second-order valence-electron chi connectivity index (χ2n) is 5.11. The van der Waals surface area contributed by atoms with E-state index >= 15 is 0 Å². The van der Waals surface area contributed by atoms with Crippen LogP contribution in [0, 0.1) is 0 Å². The Kier molecular flexibility index (Phi) is 4.86. The minimum Gasteiger partial charge on any atom is -0.478 e. The Bertz CT molecular complexity index is 603. The van der Waals surface area contributed by atoms with Gasteiger partial charge < -0.3 is 9.84 Å². The Morgan fingerprint density at radius 2 is 1.52 bits per heavy atom. The molecule has 0 heterocycles. The average molecular weight is 305 g/mol. The fraction of sp³-hybridized carbons (Fsp3) is 0.235. The lowest BCUT2D eigenvalue weighted by atomic mass is 10.0. The molecule has 0 saturated heterocycles. The summed E-state index contributed by atoms with van der Waals surface area (Å²) in [6.07, 6.45) is -1.05. The third-order valence-electron chi connectivity index (χ3n) is 3.20. The van der Waals surface area contributed by atoms with Crippen LogP contribution in [0.15, 0.2) is 48.5 Å². The molecule has 2 aromatic carbocycles. The maximum Gasteiger partial charge on any atom is 0.349 e. The van der Waals surface area contributed by atoms with E-state index < -0.39 is 12.1 Å². The van der Waals surface area contributed by atoms with Crippen molar-refractivity contribution in [3.63, 3.8) is 0 Å². The molecule has 0 spiro atoms. The summed E-state index contributed by atoms with van der Waals surface area (Å²) in [7, 11) is 0. The largest absolute Gasteiger partial charge is 0.478 e. The average Bonchev–Trinajstić information content (AvgIpc) is 2.46. The Balaban J connectivity index is 2.20. The zero-order valence-electron chi connectivity index (χ0n) is 11.9. The van der Waals surface area contributed by atoms with E-state index in [4.69, 9.17) is 16.3 Å². The molecule has 0 amide bonds. The summed E-state index contributed by atoms with van der Waals surface area (Å²) in [4.78, 5) is 11.4. The fourth-order valence-corrected chi connectivity index (χ4v) is 2.09. The number of benzene rings is 2. The lowest BCUT2D eigenvalue weighted by Crippen LogP contribution is -2.18. The van der Waals surface area contributed by atoms with Crippen molar-refractivity contribution in [3.8, 4) is 5.75 Å². The van der Waals surface area contributed by atoms with Gasteiger partial charge in [-0.25, -0.2) is 4.79 Å².